The van der Waals surface area contributed by atoms with Gasteiger partial charge in [-0.2, -0.15) is 0 Å². The van der Waals surface area contributed by atoms with Crippen molar-refractivity contribution in [2.75, 3.05) is 61.2 Å². The van der Waals surface area contributed by atoms with Crippen LogP contribution in [0.4, 0.5) is 0 Å². The van der Waals surface area contributed by atoms with Crippen molar-refractivity contribution in [3.8, 4) is 5.75 Å². The molecule has 1 amide bonds. The highest BCUT2D eigenvalue weighted by Gasteiger charge is 2.22. The summed E-state index contributed by atoms with van der Waals surface area (Å²) in [5, 5.41) is 3.24. The second-order valence-electron chi connectivity index (χ2n) is 7.53. The molecule has 0 atom stereocenters. The van der Waals surface area contributed by atoms with Crippen LogP contribution < -0.4 is 10.1 Å². The number of nitrogens with one attached hydrogen (secondary N) is 1. The molecule has 1 heterocycles. The predicted molar refractivity (Wildman–Crippen MR) is 118 cm³/mol. The highest BCUT2D eigenvalue weighted by Crippen LogP contribution is 2.15. The molecule has 8 nitrogen and oxygen atoms in total. The Balaban J connectivity index is 1.94. The summed E-state index contributed by atoms with van der Waals surface area (Å²) in [4.78, 5) is 20.6. The molecule has 1 saturated heterocycles. The third-order valence-electron chi connectivity index (χ3n) is 5.05. The number of methoxy groups -OCH3 is 2. The highest BCUT2D eigenvalue weighted by molar-refractivity contribution is 5.86. The largest absolute Gasteiger partial charge is 0.497 e. The van der Waals surface area contributed by atoms with Crippen LogP contribution in [-0.4, -0.2) is 88.9 Å². The Morgan fingerprint density at radius 3 is 2.47 bits per heavy atom. The van der Waals surface area contributed by atoms with Crippen molar-refractivity contribution < 1.29 is 19.0 Å². The lowest BCUT2D eigenvalue weighted by atomic mass is 10.1. The molecule has 8 heteroatoms. The minimum atomic E-state index is 0.0171. The van der Waals surface area contributed by atoms with Crippen LogP contribution in [0.2, 0.25) is 0 Å². The van der Waals surface area contributed by atoms with Crippen molar-refractivity contribution in [3.05, 3.63) is 29.8 Å². The lowest BCUT2D eigenvalue weighted by Gasteiger charge is -2.34. The Morgan fingerprint density at radius 2 is 1.87 bits per heavy atom. The Bertz CT molecular complexity index is 656. The smallest absolute Gasteiger partial charge is 0.241 e. The van der Waals surface area contributed by atoms with Gasteiger partial charge in [0, 0.05) is 47.5 Å². The summed E-state index contributed by atoms with van der Waals surface area (Å²) in [7, 11) is 6.87. The Morgan fingerprint density at radius 1 is 1.17 bits per heavy atom. The third-order valence-corrected chi connectivity index (χ3v) is 5.05. The Kier molecular flexibility index (Phi) is 10.4. The number of piperidine rings is 1. The van der Waals surface area contributed by atoms with E-state index in [1.807, 2.05) is 24.3 Å². The topological polar surface area (TPSA) is 75.6 Å². The molecule has 1 fully saturated rings. The molecule has 0 bridgehead atoms. The maximum Gasteiger partial charge on any atom is 0.241 e. The van der Waals surface area contributed by atoms with Gasteiger partial charge in [-0.1, -0.05) is 12.1 Å². The Labute approximate surface area is 180 Å². The van der Waals surface area contributed by atoms with Crippen molar-refractivity contribution in [1.82, 2.24) is 15.1 Å². The zero-order valence-electron chi connectivity index (χ0n) is 18.7. The minimum Gasteiger partial charge on any atom is -0.497 e. The van der Waals surface area contributed by atoms with Crippen LogP contribution in [0.15, 0.2) is 29.3 Å². The first kappa shape index (κ1) is 24.0. The summed E-state index contributed by atoms with van der Waals surface area (Å²) in [6, 6.07) is 7.87. The molecule has 1 aliphatic heterocycles. The summed E-state index contributed by atoms with van der Waals surface area (Å²) in [6.07, 6.45) is 3.07. The molecule has 0 aromatic heterocycles. The second kappa shape index (κ2) is 13.1. The van der Waals surface area contributed by atoms with Crippen LogP contribution in [0.25, 0.3) is 0 Å². The molecule has 1 aliphatic rings. The zero-order chi connectivity index (χ0) is 21.8. The number of amides is 1. The van der Waals surface area contributed by atoms with Crippen LogP contribution in [0.3, 0.4) is 0 Å². The van der Waals surface area contributed by atoms with Crippen LogP contribution in [0.5, 0.6) is 5.75 Å². The molecule has 0 radical (unpaired) electrons. The zero-order valence-corrected chi connectivity index (χ0v) is 18.7. The first-order chi connectivity index (χ1) is 14.5. The van der Waals surface area contributed by atoms with Gasteiger partial charge in [-0.15, -0.1) is 0 Å². The molecule has 0 saturated carbocycles. The summed E-state index contributed by atoms with van der Waals surface area (Å²) < 4.78 is 16.2. The van der Waals surface area contributed by atoms with Gasteiger partial charge in [-0.25, -0.2) is 4.99 Å². The molecule has 1 aromatic rings. The van der Waals surface area contributed by atoms with Gasteiger partial charge >= 0.3 is 0 Å². The number of benzene rings is 1. The fourth-order valence-electron chi connectivity index (χ4n) is 3.17. The number of rotatable bonds is 10. The van der Waals surface area contributed by atoms with Crippen LogP contribution in [-0.2, 0) is 20.8 Å². The molecular formula is C22H36N4O4. The maximum atomic E-state index is 12.0. The number of hydrogen-bond acceptors (Lipinski definition) is 5. The van der Waals surface area contributed by atoms with E-state index in [2.05, 4.69) is 10.2 Å². The quantitative estimate of drug-likeness (QED) is 0.353. The average Bonchev–Trinajstić information content (AvgIpc) is 2.77. The van der Waals surface area contributed by atoms with E-state index in [0.29, 0.717) is 6.54 Å². The van der Waals surface area contributed by atoms with Crippen molar-refractivity contribution in [1.29, 1.82) is 0 Å². The fourth-order valence-corrected chi connectivity index (χ4v) is 3.17. The van der Waals surface area contributed by atoms with Gasteiger partial charge < -0.3 is 29.3 Å². The number of likely N-dealkylation sites (N-methyl/N-ethyl adjacent to an activating group) is 1. The number of nitrogens with zero attached hydrogens (tertiary/aromatic N) is 3. The number of ether oxygens (including phenoxy) is 3. The van der Waals surface area contributed by atoms with E-state index in [4.69, 9.17) is 19.2 Å². The normalized spacial score (nSPS) is 15.2. The third kappa shape index (κ3) is 8.20. The van der Waals surface area contributed by atoms with Crippen molar-refractivity contribution in [2.45, 2.75) is 31.9 Å². The number of carbonyl (C=O) groups excluding carboxylic acids is 1. The summed E-state index contributed by atoms with van der Waals surface area (Å²) in [5.41, 5.74) is 1.09. The van der Waals surface area contributed by atoms with Crippen molar-refractivity contribution >= 4 is 11.9 Å². The highest BCUT2D eigenvalue weighted by atomic mass is 16.5. The average molecular weight is 421 g/mol. The monoisotopic (exact) mass is 420 g/mol. The van der Waals surface area contributed by atoms with Gasteiger partial charge in [0.1, 0.15) is 5.75 Å². The van der Waals surface area contributed by atoms with Crippen molar-refractivity contribution in [2.24, 2.45) is 4.99 Å². The van der Waals surface area contributed by atoms with E-state index in [-0.39, 0.29) is 18.6 Å². The molecule has 2 rings (SSSR count). The first-order valence-corrected chi connectivity index (χ1v) is 10.5. The molecule has 168 valence electrons. The molecule has 0 aliphatic carbocycles. The van der Waals surface area contributed by atoms with E-state index in [9.17, 15) is 4.79 Å². The molecule has 0 unspecified atom stereocenters. The van der Waals surface area contributed by atoms with Gasteiger partial charge in [0.05, 0.1) is 26.3 Å². The second-order valence-corrected chi connectivity index (χ2v) is 7.53. The number of hydrogen-bond donors (Lipinski definition) is 1. The van der Waals surface area contributed by atoms with Crippen molar-refractivity contribution in [3.63, 3.8) is 0 Å². The number of aliphatic imine (C=N–C) groups is 1. The molecule has 30 heavy (non-hydrogen) atoms. The number of carbonyl (C=O) groups is 1. The van der Waals surface area contributed by atoms with Gasteiger partial charge in [-0.05, 0) is 37.0 Å². The summed E-state index contributed by atoms with van der Waals surface area (Å²) in [6.45, 7) is 3.91. The molecule has 1 aromatic carbocycles. The van der Waals surface area contributed by atoms with E-state index >= 15 is 0 Å². The lowest BCUT2D eigenvalue weighted by molar-refractivity contribution is -0.127. The van der Waals surface area contributed by atoms with Gasteiger partial charge in [0.2, 0.25) is 5.91 Å². The van der Waals surface area contributed by atoms with E-state index in [0.717, 1.165) is 62.8 Å². The predicted octanol–water partition coefficient (Wildman–Crippen LogP) is 1.75. The number of guanidine groups is 1. The van der Waals surface area contributed by atoms with Gasteiger partial charge in [0.15, 0.2) is 5.96 Å². The van der Waals surface area contributed by atoms with Crippen LogP contribution in [0.1, 0.15) is 24.8 Å². The fraction of sp³-hybridized carbons (Fsp3) is 0.636. The van der Waals surface area contributed by atoms with Crippen LogP contribution in [0, 0.1) is 0 Å². The first-order valence-electron chi connectivity index (χ1n) is 10.5. The summed E-state index contributed by atoms with van der Waals surface area (Å²) in [5.74, 6) is 1.60. The number of likely N-dealkylation sites (tertiary alicyclic amines) is 1. The van der Waals surface area contributed by atoms with E-state index in [1.165, 1.54) is 0 Å². The molecule has 1 N–H and O–H groups in total. The maximum absolute atomic E-state index is 12.0. The molecular weight excluding hydrogens is 384 g/mol. The Hall–Kier alpha value is -2.32. The lowest BCUT2D eigenvalue weighted by Crippen LogP contribution is -2.49. The summed E-state index contributed by atoms with van der Waals surface area (Å²) >= 11 is 0. The SMILES string of the molecule is COCCCOC1CCN(C(=NCc2ccc(OC)cc2)NCC(=O)N(C)C)CC1. The van der Waals surface area contributed by atoms with Gasteiger partial charge in [-0.3, -0.25) is 4.79 Å². The van der Waals surface area contributed by atoms with E-state index < -0.39 is 0 Å². The van der Waals surface area contributed by atoms with E-state index in [1.54, 1.807) is 33.2 Å². The minimum absolute atomic E-state index is 0.0171. The standard InChI is InChI=1S/C22H36N4O4/c1-25(2)21(27)17-24-22(23-16-18-6-8-19(29-4)9-7-18)26-12-10-20(11-13-26)30-15-5-14-28-3/h6-9,20H,5,10-17H2,1-4H3,(H,23,24). The van der Waals surface area contributed by atoms with Gasteiger partial charge in [0.25, 0.3) is 0 Å². The van der Waals surface area contributed by atoms with Crippen LogP contribution >= 0.6 is 0 Å². The molecule has 0 spiro atoms.